The maximum absolute atomic E-state index is 12.6. The van der Waals surface area contributed by atoms with E-state index in [0.717, 1.165) is 6.92 Å². The van der Waals surface area contributed by atoms with Crippen LogP contribution < -0.4 is 61.8 Å². The minimum absolute atomic E-state index is 0. The molecule has 0 aliphatic carbocycles. The number of rotatable bonds is 5. The first-order chi connectivity index (χ1) is 13.1. The number of benzene rings is 1. The molecule has 1 aromatic carbocycles. The van der Waals surface area contributed by atoms with E-state index in [1.165, 1.54) is 12.1 Å². The predicted octanol–water partition coefficient (Wildman–Crippen LogP) is -5.05. The predicted molar refractivity (Wildman–Crippen MR) is 90.8 cm³/mol. The van der Waals surface area contributed by atoms with Gasteiger partial charge in [0.05, 0.1) is 17.4 Å². The van der Waals surface area contributed by atoms with Gasteiger partial charge in [-0.3, -0.25) is 19.3 Å². The molecule has 0 aromatic heterocycles. The van der Waals surface area contributed by atoms with E-state index in [-0.39, 0.29) is 62.5 Å². The Morgan fingerprint density at radius 1 is 1.24 bits per heavy atom. The number of sulfone groups is 1. The number of carboxylic acid groups (broad SMARTS) is 1. The molecule has 29 heavy (non-hydrogen) atoms. The van der Waals surface area contributed by atoms with E-state index in [9.17, 15) is 32.7 Å². The van der Waals surface area contributed by atoms with Gasteiger partial charge < -0.3 is 20.0 Å². The van der Waals surface area contributed by atoms with Crippen molar-refractivity contribution in [3.8, 4) is 0 Å². The van der Waals surface area contributed by atoms with Crippen molar-refractivity contribution in [1.29, 1.82) is 0 Å². The van der Waals surface area contributed by atoms with E-state index in [4.69, 9.17) is 0 Å². The molecule has 3 rings (SSSR count). The summed E-state index contributed by atoms with van der Waals surface area (Å²) in [5, 5.41) is 12.3. The first-order valence-electron chi connectivity index (χ1n) is 8.11. The second-order valence-electron chi connectivity index (χ2n) is 6.24. The van der Waals surface area contributed by atoms with Crippen molar-refractivity contribution < 1.29 is 88.8 Å². The second-order valence-corrected chi connectivity index (χ2v) is 8.34. The average molecular weight is 446 g/mol. The van der Waals surface area contributed by atoms with Gasteiger partial charge in [-0.05, 0) is 12.1 Å². The van der Waals surface area contributed by atoms with Crippen LogP contribution >= 0.6 is 0 Å². The van der Waals surface area contributed by atoms with Crippen molar-refractivity contribution >= 4 is 33.6 Å². The van der Waals surface area contributed by atoms with Crippen LogP contribution in [-0.2, 0) is 29.0 Å². The van der Waals surface area contributed by atoms with Crippen LogP contribution in [0.4, 0.5) is 0 Å². The van der Waals surface area contributed by atoms with Crippen molar-refractivity contribution in [1.82, 2.24) is 10.2 Å². The fourth-order valence-electron chi connectivity index (χ4n) is 3.13. The molecule has 0 radical (unpaired) electrons. The molecule has 1 N–H and O–H groups in total. The maximum atomic E-state index is 12.6. The van der Waals surface area contributed by atoms with Crippen molar-refractivity contribution in [3.05, 3.63) is 47.2 Å². The Morgan fingerprint density at radius 3 is 2.41 bits per heavy atom. The molecule has 0 saturated carbocycles. The number of β-lactam (4-membered cyclic amide) rings is 1. The fourth-order valence-corrected chi connectivity index (χ4v) is 5.13. The van der Waals surface area contributed by atoms with Crippen molar-refractivity contribution in [3.63, 3.8) is 0 Å². The monoisotopic (exact) mass is 446 g/mol. The summed E-state index contributed by atoms with van der Waals surface area (Å²) in [6.45, 7) is 0.471. The summed E-state index contributed by atoms with van der Waals surface area (Å²) in [5.74, 6) is -4.83. The molecule has 2 atom stereocenters. The molecule has 0 spiro atoms. The molecule has 0 bridgehead atoms. The number of aliphatic carboxylic acids is 1. The van der Waals surface area contributed by atoms with Crippen molar-refractivity contribution in [2.45, 2.75) is 18.3 Å². The fraction of sp³-hybridized carbons (Fsp3) is 0.294. The van der Waals surface area contributed by atoms with Crippen LogP contribution in [0.15, 0.2) is 41.6 Å². The van der Waals surface area contributed by atoms with Crippen LogP contribution in [0.2, 0.25) is 0 Å². The normalized spacial score (nSPS) is 22.0. The maximum Gasteiger partial charge on any atom is 1.00 e. The van der Waals surface area contributed by atoms with Gasteiger partial charge >= 0.3 is 57.4 Å². The minimum Gasteiger partial charge on any atom is -0.543 e. The topological polar surface area (TPSA) is 150 Å². The van der Waals surface area contributed by atoms with Crippen molar-refractivity contribution in [2.24, 2.45) is 0 Å². The summed E-state index contributed by atoms with van der Waals surface area (Å²) in [6, 6.07) is 6.41. The molecule has 1 saturated heterocycles. The number of nitrogens with zero attached hydrogens (tertiary/aromatic N) is 1. The number of fused-ring (bicyclic) bond motifs is 1. The van der Waals surface area contributed by atoms with Gasteiger partial charge in [0.15, 0.2) is 15.2 Å². The van der Waals surface area contributed by atoms with Gasteiger partial charge in [0, 0.05) is 18.1 Å². The summed E-state index contributed by atoms with van der Waals surface area (Å²) in [6.07, 6.45) is 0. The van der Waals surface area contributed by atoms with Crippen molar-refractivity contribution in [2.75, 3.05) is 12.4 Å². The molecule has 1 fully saturated rings. The van der Waals surface area contributed by atoms with E-state index in [1.54, 1.807) is 18.2 Å². The molecule has 12 heteroatoms. The van der Waals surface area contributed by atoms with Crippen LogP contribution in [-0.4, -0.2) is 60.8 Å². The van der Waals surface area contributed by atoms with Gasteiger partial charge in [-0.2, -0.15) is 0 Å². The number of carbonyl (C=O) groups excluding carboxylic acids is 4. The summed E-state index contributed by atoms with van der Waals surface area (Å²) in [5.41, 5.74) is -0.711. The number of hydrogen-bond donors (Lipinski definition) is 1. The quantitative estimate of drug-likeness (QED) is 0.268. The zero-order valence-electron chi connectivity index (χ0n) is 15.6. The van der Waals surface area contributed by atoms with Gasteiger partial charge in [-0.15, -0.1) is 0 Å². The summed E-state index contributed by atoms with van der Waals surface area (Å²) in [4.78, 5) is 47.8. The number of hydrogen-bond acceptors (Lipinski definition) is 8. The Labute approximate surface area is 208 Å². The van der Waals surface area contributed by atoms with E-state index < -0.39 is 63.1 Å². The molecule has 2 aliphatic rings. The molecule has 1 aromatic rings. The molecule has 2 amide bonds. The molecular formula is C17H15KN2O8S. The average Bonchev–Trinajstić information content (AvgIpc) is 2.63. The van der Waals surface area contributed by atoms with Crippen LogP contribution in [0.25, 0.3) is 0 Å². The third kappa shape index (κ3) is 4.62. The summed E-state index contributed by atoms with van der Waals surface area (Å²) >= 11 is 0. The number of amides is 2. The second kappa shape index (κ2) is 9.06. The largest absolute Gasteiger partial charge is 1.00 e. The van der Waals surface area contributed by atoms with Gasteiger partial charge in [-0.1, -0.05) is 18.2 Å². The molecule has 0 unspecified atom stereocenters. The molecule has 2 aliphatic heterocycles. The summed E-state index contributed by atoms with van der Waals surface area (Å²) in [7, 11) is -4.05. The van der Waals surface area contributed by atoms with Crippen LogP contribution in [0.3, 0.4) is 0 Å². The zero-order valence-corrected chi connectivity index (χ0v) is 19.5. The Kier molecular flexibility index (Phi) is 7.40. The van der Waals surface area contributed by atoms with E-state index in [0.29, 0.717) is 4.90 Å². The number of esters is 1. The Hall–Kier alpha value is -1.57. The molecule has 2 heterocycles. The number of ether oxygens (including phenoxy) is 1. The van der Waals surface area contributed by atoms with E-state index in [1.807, 2.05) is 0 Å². The van der Waals surface area contributed by atoms with Crippen LogP contribution in [0, 0.1) is 0 Å². The van der Waals surface area contributed by atoms with Crippen LogP contribution in [0.5, 0.6) is 0 Å². The third-order valence-electron chi connectivity index (χ3n) is 4.33. The number of carboxylic acids is 1. The minimum atomic E-state index is -4.05. The number of nitrogens with one attached hydrogen (secondary N) is 1. The van der Waals surface area contributed by atoms with Crippen LogP contribution in [0.1, 0.15) is 17.3 Å². The van der Waals surface area contributed by atoms with Gasteiger partial charge in [-0.25, -0.2) is 8.42 Å². The number of carbonyl (C=O) groups is 4. The summed E-state index contributed by atoms with van der Waals surface area (Å²) < 4.78 is 29.9. The Bertz CT molecular complexity index is 1010. The Morgan fingerprint density at radius 2 is 1.86 bits per heavy atom. The van der Waals surface area contributed by atoms with E-state index in [2.05, 4.69) is 10.1 Å². The molecule has 10 nitrogen and oxygen atoms in total. The zero-order chi connectivity index (χ0) is 20.6. The van der Waals surface area contributed by atoms with E-state index >= 15 is 0 Å². The third-order valence-corrected chi connectivity index (χ3v) is 6.30. The first kappa shape index (κ1) is 23.7. The van der Waals surface area contributed by atoms with Gasteiger partial charge in [0.25, 0.3) is 11.8 Å². The smallest absolute Gasteiger partial charge is 0.543 e. The standard InChI is InChI=1S/C17H16N2O8S.K/c1-9(20)27-7-11-8-28(25,26)16-12(15(22)19(16)13(11)17(23)24)18-14(21)10-5-3-2-4-6-10;/h2-6,12,16H,7-8H2,1H3,(H,18,21)(H,23,24);/q;+1/p-1/t12-,16+;/m1./s1. The van der Waals surface area contributed by atoms with Gasteiger partial charge in [0.2, 0.25) is 0 Å². The molecule has 148 valence electrons. The first-order valence-corrected chi connectivity index (χ1v) is 9.82. The molecular weight excluding hydrogens is 431 g/mol. The Balaban J connectivity index is 0.00000300. The van der Waals surface area contributed by atoms with Gasteiger partial charge in [0.1, 0.15) is 12.6 Å². The SMILES string of the molecule is CC(=O)OCC1=C(C(=O)[O-])N2C(=O)[C@@H](NC(=O)c3ccccc3)[C@@H]2S(=O)(=O)C1.[K+].